The standard InChI is InChI=1S/C20H15ClN2OS/c21-16-10-5-4-9-15(16)17-13-18(14-7-2-1-3-8-14)23(22-17)20(24)19-11-6-12-25-19/h1-12,18H,13H2/t18-/m0/s1. The molecule has 0 bridgehead atoms. The van der Waals surface area contributed by atoms with E-state index in [1.54, 1.807) is 5.01 Å². The van der Waals surface area contributed by atoms with Gasteiger partial charge in [-0.1, -0.05) is 66.2 Å². The minimum Gasteiger partial charge on any atom is -0.266 e. The topological polar surface area (TPSA) is 32.7 Å². The predicted molar refractivity (Wildman–Crippen MR) is 102 cm³/mol. The van der Waals surface area contributed by atoms with E-state index in [1.165, 1.54) is 11.3 Å². The summed E-state index contributed by atoms with van der Waals surface area (Å²) in [6.07, 6.45) is 0.644. The third kappa shape index (κ3) is 3.11. The van der Waals surface area contributed by atoms with Gasteiger partial charge in [-0.15, -0.1) is 11.3 Å². The molecule has 0 fully saturated rings. The molecule has 0 N–H and O–H groups in total. The fourth-order valence-corrected chi connectivity index (χ4v) is 3.90. The first kappa shape index (κ1) is 16.1. The first-order valence-electron chi connectivity index (χ1n) is 7.98. The maximum absolute atomic E-state index is 12.9. The first-order valence-corrected chi connectivity index (χ1v) is 9.24. The Morgan fingerprint density at radius 3 is 2.52 bits per heavy atom. The first-order chi connectivity index (χ1) is 12.2. The number of halogens is 1. The Bertz CT molecular complexity index is 922. The van der Waals surface area contributed by atoms with Gasteiger partial charge in [-0.25, -0.2) is 5.01 Å². The van der Waals surface area contributed by atoms with Gasteiger partial charge in [0.2, 0.25) is 0 Å². The van der Waals surface area contributed by atoms with Crippen molar-refractivity contribution >= 4 is 34.6 Å². The largest absolute Gasteiger partial charge is 0.284 e. The molecule has 0 saturated carbocycles. The van der Waals surface area contributed by atoms with E-state index in [4.69, 9.17) is 11.6 Å². The second-order valence-corrected chi connectivity index (χ2v) is 7.14. The summed E-state index contributed by atoms with van der Waals surface area (Å²) < 4.78 is 0. The molecule has 124 valence electrons. The number of hydrazone groups is 1. The van der Waals surface area contributed by atoms with Gasteiger partial charge in [0.15, 0.2) is 0 Å². The Morgan fingerprint density at radius 1 is 1.04 bits per heavy atom. The Morgan fingerprint density at radius 2 is 1.80 bits per heavy atom. The molecule has 5 heteroatoms. The molecule has 0 spiro atoms. The summed E-state index contributed by atoms with van der Waals surface area (Å²) >= 11 is 7.77. The molecule has 3 nitrogen and oxygen atoms in total. The van der Waals surface area contributed by atoms with Gasteiger partial charge in [0.25, 0.3) is 5.91 Å². The zero-order valence-electron chi connectivity index (χ0n) is 13.3. The van der Waals surface area contributed by atoms with Gasteiger partial charge in [-0.2, -0.15) is 5.10 Å². The molecule has 1 aliphatic rings. The quantitative estimate of drug-likeness (QED) is 0.611. The molecular formula is C20H15ClN2OS. The summed E-state index contributed by atoms with van der Waals surface area (Å²) in [6, 6.07) is 21.2. The lowest BCUT2D eigenvalue weighted by Crippen LogP contribution is -2.26. The molecule has 0 saturated heterocycles. The highest BCUT2D eigenvalue weighted by Gasteiger charge is 2.34. The summed E-state index contributed by atoms with van der Waals surface area (Å²) in [5.41, 5.74) is 2.79. The maximum atomic E-state index is 12.9. The van der Waals surface area contributed by atoms with Crippen molar-refractivity contribution in [1.82, 2.24) is 5.01 Å². The Balaban J connectivity index is 1.75. The van der Waals surface area contributed by atoms with Crippen molar-refractivity contribution in [1.29, 1.82) is 0 Å². The van der Waals surface area contributed by atoms with Gasteiger partial charge in [-0.05, 0) is 23.1 Å². The highest BCUT2D eigenvalue weighted by molar-refractivity contribution is 7.12. The van der Waals surface area contributed by atoms with E-state index in [1.807, 2.05) is 72.1 Å². The van der Waals surface area contributed by atoms with Crippen LogP contribution in [0.4, 0.5) is 0 Å². The zero-order valence-corrected chi connectivity index (χ0v) is 14.9. The minimum absolute atomic E-state index is 0.0779. The van der Waals surface area contributed by atoms with Gasteiger partial charge in [0.05, 0.1) is 16.6 Å². The number of thiophene rings is 1. The predicted octanol–water partition coefficient (Wildman–Crippen LogP) is 5.39. The van der Waals surface area contributed by atoms with Gasteiger partial charge in [0, 0.05) is 17.0 Å². The normalized spacial score (nSPS) is 16.8. The molecule has 0 aliphatic carbocycles. The summed E-state index contributed by atoms with van der Waals surface area (Å²) in [4.78, 5) is 13.6. The van der Waals surface area contributed by atoms with Crippen molar-refractivity contribution in [3.05, 3.63) is 93.1 Å². The van der Waals surface area contributed by atoms with Crippen LogP contribution in [-0.2, 0) is 0 Å². The number of hydrogen-bond acceptors (Lipinski definition) is 3. The van der Waals surface area contributed by atoms with Crippen molar-refractivity contribution in [3.63, 3.8) is 0 Å². The molecule has 25 heavy (non-hydrogen) atoms. The van der Waals surface area contributed by atoms with Crippen LogP contribution in [0.2, 0.25) is 5.02 Å². The number of benzene rings is 2. The fraction of sp³-hybridized carbons (Fsp3) is 0.100. The molecule has 1 aromatic heterocycles. The van der Waals surface area contributed by atoms with Crippen molar-refractivity contribution in [3.8, 4) is 0 Å². The third-order valence-corrected chi connectivity index (χ3v) is 5.41. The van der Waals surface area contributed by atoms with Crippen LogP contribution in [0.3, 0.4) is 0 Å². The summed E-state index contributed by atoms with van der Waals surface area (Å²) in [6.45, 7) is 0. The maximum Gasteiger partial charge on any atom is 0.284 e. The van der Waals surface area contributed by atoms with Crippen LogP contribution >= 0.6 is 22.9 Å². The Labute approximate surface area is 155 Å². The average Bonchev–Trinajstić information content (AvgIpc) is 3.32. The molecule has 2 heterocycles. The van der Waals surface area contributed by atoms with Crippen molar-refractivity contribution < 1.29 is 4.79 Å². The van der Waals surface area contributed by atoms with Gasteiger partial charge in [0.1, 0.15) is 0 Å². The van der Waals surface area contributed by atoms with E-state index in [0.29, 0.717) is 16.3 Å². The molecular weight excluding hydrogens is 352 g/mol. The van der Waals surface area contributed by atoms with Gasteiger partial charge >= 0.3 is 0 Å². The molecule has 2 aromatic carbocycles. The SMILES string of the molecule is O=C(c1cccs1)N1N=C(c2ccccc2Cl)C[C@H]1c1ccccc1. The van der Waals surface area contributed by atoms with E-state index in [2.05, 4.69) is 5.10 Å². The summed E-state index contributed by atoms with van der Waals surface area (Å²) in [5.74, 6) is -0.0779. The van der Waals surface area contributed by atoms with E-state index in [9.17, 15) is 4.79 Å². The number of carbonyl (C=O) groups is 1. The highest BCUT2D eigenvalue weighted by atomic mass is 35.5. The van der Waals surface area contributed by atoms with E-state index >= 15 is 0 Å². The second-order valence-electron chi connectivity index (χ2n) is 5.78. The zero-order chi connectivity index (χ0) is 17.2. The van der Waals surface area contributed by atoms with E-state index in [0.717, 1.165) is 16.8 Å². The van der Waals surface area contributed by atoms with Crippen LogP contribution in [0.1, 0.15) is 33.3 Å². The number of nitrogens with zero attached hydrogens (tertiary/aromatic N) is 2. The molecule has 4 rings (SSSR count). The van der Waals surface area contributed by atoms with Crippen molar-refractivity contribution in [2.75, 3.05) is 0 Å². The number of carbonyl (C=O) groups excluding carboxylic acids is 1. The van der Waals surface area contributed by atoms with Crippen LogP contribution in [-0.4, -0.2) is 16.6 Å². The number of amides is 1. The minimum atomic E-state index is -0.123. The Kier molecular flexibility index (Phi) is 4.38. The van der Waals surface area contributed by atoms with Crippen LogP contribution in [0.15, 0.2) is 77.2 Å². The average molecular weight is 367 g/mol. The number of hydrogen-bond donors (Lipinski definition) is 0. The van der Waals surface area contributed by atoms with Crippen LogP contribution < -0.4 is 0 Å². The molecule has 0 radical (unpaired) electrons. The molecule has 1 atom stereocenters. The second kappa shape index (κ2) is 6.82. The van der Waals surface area contributed by atoms with Gasteiger partial charge < -0.3 is 0 Å². The highest BCUT2D eigenvalue weighted by Crippen LogP contribution is 2.35. The number of rotatable bonds is 3. The molecule has 3 aromatic rings. The fourth-order valence-electron chi connectivity index (χ4n) is 3.00. The Hall–Kier alpha value is -2.43. The molecule has 0 unspecified atom stereocenters. The monoisotopic (exact) mass is 366 g/mol. The third-order valence-electron chi connectivity index (χ3n) is 4.22. The van der Waals surface area contributed by atoms with Crippen LogP contribution in [0.25, 0.3) is 0 Å². The van der Waals surface area contributed by atoms with Crippen molar-refractivity contribution in [2.45, 2.75) is 12.5 Å². The van der Waals surface area contributed by atoms with Crippen LogP contribution in [0.5, 0.6) is 0 Å². The van der Waals surface area contributed by atoms with E-state index < -0.39 is 0 Å². The lowest BCUT2D eigenvalue weighted by Gasteiger charge is -2.21. The molecule has 1 amide bonds. The lowest BCUT2D eigenvalue weighted by atomic mass is 9.98. The summed E-state index contributed by atoms with van der Waals surface area (Å²) in [5, 5.41) is 8.81. The lowest BCUT2D eigenvalue weighted by molar-refractivity contribution is 0.0716. The smallest absolute Gasteiger partial charge is 0.266 e. The van der Waals surface area contributed by atoms with Crippen LogP contribution in [0, 0.1) is 0 Å². The summed E-state index contributed by atoms with van der Waals surface area (Å²) in [7, 11) is 0. The van der Waals surface area contributed by atoms with E-state index in [-0.39, 0.29) is 11.9 Å². The van der Waals surface area contributed by atoms with Gasteiger partial charge in [-0.3, -0.25) is 4.79 Å². The molecule has 1 aliphatic heterocycles. The van der Waals surface area contributed by atoms with Crippen molar-refractivity contribution in [2.24, 2.45) is 5.10 Å².